The number of aromatic nitrogens is 7. The van der Waals surface area contributed by atoms with Gasteiger partial charge in [0.1, 0.15) is 22.8 Å². The van der Waals surface area contributed by atoms with Crippen molar-refractivity contribution in [3.63, 3.8) is 0 Å². The molecule has 3 unspecified atom stereocenters. The molecule has 2 fully saturated rings. The van der Waals surface area contributed by atoms with Gasteiger partial charge in [0.05, 0.1) is 22.9 Å². The lowest BCUT2D eigenvalue weighted by Crippen LogP contribution is -2.32. The SMILES string of the molecule is Cc1cc(C2(CN)C3CCN(c4cnc5c(-c6ccnc7cccnc67)n[nH]c5n4)CC32)no1. The van der Waals surface area contributed by atoms with Crippen LogP contribution in [0, 0.1) is 18.8 Å². The Kier molecular flexibility index (Phi) is 4.04. The molecule has 2 aliphatic rings. The Bertz CT molecular complexity index is 1540. The second kappa shape index (κ2) is 7.04. The monoisotopic (exact) mass is 453 g/mol. The van der Waals surface area contributed by atoms with Crippen LogP contribution >= 0.6 is 0 Å². The first kappa shape index (κ1) is 19.5. The van der Waals surface area contributed by atoms with Crippen LogP contribution in [-0.2, 0) is 5.41 Å². The number of H-pyrrole nitrogens is 1. The fourth-order valence-corrected chi connectivity index (χ4v) is 5.86. The Morgan fingerprint density at radius 3 is 2.97 bits per heavy atom. The predicted octanol–water partition coefficient (Wildman–Crippen LogP) is 2.61. The lowest BCUT2D eigenvalue weighted by Gasteiger charge is -2.26. The molecule has 5 aromatic heterocycles. The molecule has 0 spiro atoms. The van der Waals surface area contributed by atoms with Gasteiger partial charge in [-0.15, -0.1) is 0 Å². The number of hydrogen-bond acceptors (Lipinski definition) is 9. The zero-order valence-corrected chi connectivity index (χ0v) is 18.6. The van der Waals surface area contributed by atoms with Gasteiger partial charge in [0.2, 0.25) is 0 Å². The lowest BCUT2D eigenvalue weighted by atomic mass is 9.97. The minimum Gasteiger partial charge on any atom is -0.361 e. The molecule has 3 N–H and O–H groups in total. The second-order valence-corrected chi connectivity index (χ2v) is 9.24. The molecule has 1 aliphatic carbocycles. The minimum absolute atomic E-state index is 0.0966. The second-order valence-electron chi connectivity index (χ2n) is 9.24. The van der Waals surface area contributed by atoms with E-state index >= 15 is 0 Å². The third-order valence-electron chi connectivity index (χ3n) is 7.60. The molecule has 1 saturated carbocycles. The maximum atomic E-state index is 6.27. The van der Waals surface area contributed by atoms with Gasteiger partial charge in [-0.3, -0.25) is 15.1 Å². The van der Waals surface area contributed by atoms with Gasteiger partial charge in [-0.2, -0.15) is 5.10 Å². The van der Waals surface area contributed by atoms with Crippen LogP contribution in [-0.4, -0.2) is 54.9 Å². The van der Waals surface area contributed by atoms with Crippen molar-refractivity contribution < 1.29 is 4.52 Å². The van der Waals surface area contributed by atoms with E-state index in [1.165, 1.54) is 0 Å². The van der Waals surface area contributed by atoms with Crippen molar-refractivity contribution in [1.82, 2.24) is 35.3 Å². The highest BCUT2D eigenvalue weighted by atomic mass is 16.5. The van der Waals surface area contributed by atoms with Crippen LogP contribution < -0.4 is 10.6 Å². The van der Waals surface area contributed by atoms with Crippen molar-refractivity contribution in [1.29, 1.82) is 0 Å². The standard InChI is InChI=1S/C24H23N9O/c1-13-9-18(32-34-13)24(12-25)15-5-8-33(11-16(15)24)19-10-28-22-21(30-31-23(22)29-19)14-4-7-26-17-3-2-6-27-20(14)17/h2-4,6-7,9-10,15-16H,5,8,11-12,25H2,1H3,(H,29,30,31). The van der Waals surface area contributed by atoms with Crippen molar-refractivity contribution in [3.8, 4) is 11.3 Å². The molecule has 10 nitrogen and oxygen atoms in total. The van der Waals surface area contributed by atoms with E-state index in [-0.39, 0.29) is 5.41 Å². The number of fused-ring (bicyclic) bond motifs is 3. The third-order valence-corrected chi connectivity index (χ3v) is 7.60. The first-order chi connectivity index (χ1) is 16.7. The van der Waals surface area contributed by atoms with Crippen LogP contribution in [0.25, 0.3) is 33.5 Å². The molecule has 6 heterocycles. The van der Waals surface area contributed by atoms with E-state index in [1.807, 2.05) is 37.4 Å². The molecule has 34 heavy (non-hydrogen) atoms. The van der Waals surface area contributed by atoms with Gasteiger partial charge in [-0.05, 0) is 43.4 Å². The normalized spacial score (nSPS) is 24.0. The first-order valence-electron chi connectivity index (χ1n) is 11.5. The van der Waals surface area contributed by atoms with Gasteiger partial charge in [-0.25, -0.2) is 9.97 Å². The largest absolute Gasteiger partial charge is 0.361 e. The van der Waals surface area contributed by atoms with Crippen molar-refractivity contribution in [3.05, 3.63) is 54.3 Å². The molecule has 1 saturated heterocycles. The molecule has 0 bridgehead atoms. The summed E-state index contributed by atoms with van der Waals surface area (Å²) in [5.74, 6) is 2.63. The zero-order chi connectivity index (χ0) is 22.9. The fraction of sp³-hybridized carbons (Fsp3) is 0.333. The summed E-state index contributed by atoms with van der Waals surface area (Å²) in [7, 11) is 0. The van der Waals surface area contributed by atoms with Crippen LogP contribution in [0.1, 0.15) is 17.9 Å². The summed E-state index contributed by atoms with van der Waals surface area (Å²) in [6.45, 7) is 4.27. The van der Waals surface area contributed by atoms with E-state index in [1.54, 1.807) is 12.4 Å². The smallest absolute Gasteiger partial charge is 0.177 e. The van der Waals surface area contributed by atoms with Gasteiger partial charge in [0, 0.05) is 49.1 Å². The first-order valence-corrected chi connectivity index (χ1v) is 11.5. The summed E-state index contributed by atoms with van der Waals surface area (Å²) in [4.78, 5) is 20.8. The maximum Gasteiger partial charge on any atom is 0.177 e. The number of aryl methyl sites for hydroxylation is 1. The predicted molar refractivity (Wildman–Crippen MR) is 126 cm³/mol. The number of rotatable bonds is 4. The van der Waals surface area contributed by atoms with Gasteiger partial charge in [0.25, 0.3) is 0 Å². The Morgan fingerprint density at radius 1 is 1.18 bits per heavy atom. The van der Waals surface area contributed by atoms with Crippen molar-refractivity contribution in [2.24, 2.45) is 17.6 Å². The van der Waals surface area contributed by atoms with Gasteiger partial charge in [0.15, 0.2) is 5.65 Å². The summed E-state index contributed by atoms with van der Waals surface area (Å²) in [6.07, 6.45) is 6.40. The molecule has 0 amide bonds. The summed E-state index contributed by atoms with van der Waals surface area (Å²) in [5.41, 5.74) is 11.8. The molecule has 1 aliphatic heterocycles. The van der Waals surface area contributed by atoms with E-state index in [0.717, 1.165) is 64.6 Å². The van der Waals surface area contributed by atoms with Gasteiger partial charge >= 0.3 is 0 Å². The van der Waals surface area contributed by atoms with Crippen LogP contribution in [0.3, 0.4) is 0 Å². The molecular weight excluding hydrogens is 430 g/mol. The quantitative estimate of drug-likeness (QED) is 0.421. The van der Waals surface area contributed by atoms with Crippen LogP contribution in [0.15, 0.2) is 47.4 Å². The molecule has 3 atom stereocenters. The van der Waals surface area contributed by atoms with Gasteiger partial charge < -0.3 is 15.2 Å². The van der Waals surface area contributed by atoms with Gasteiger partial charge in [-0.1, -0.05) is 5.16 Å². The number of aromatic amines is 1. The molecule has 5 aromatic rings. The summed E-state index contributed by atoms with van der Waals surface area (Å²) in [6, 6.07) is 7.76. The molecule has 170 valence electrons. The van der Waals surface area contributed by atoms with Crippen molar-refractivity contribution in [2.75, 3.05) is 24.5 Å². The number of pyridine rings is 2. The average molecular weight is 454 g/mol. The van der Waals surface area contributed by atoms with E-state index < -0.39 is 0 Å². The van der Waals surface area contributed by atoms with E-state index in [4.69, 9.17) is 20.2 Å². The summed E-state index contributed by atoms with van der Waals surface area (Å²) >= 11 is 0. The third kappa shape index (κ3) is 2.65. The van der Waals surface area contributed by atoms with Crippen LogP contribution in [0.5, 0.6) is 0 Å². The number of anilines is 1. The number of nitrogens with one attached hydrogen (secondary N) is 1. The molecular formula is C24H23N9O. The number of nitrogens with zero attached hydrogens (tertiary/aromatic N) is 7. The Labute approximate surface area is 194 Å². The number of hydrogen-bond donors (Lipinski definition) is 2. The Balaban J connectivity index is 1.20. The highest BCUT2D eigenvalue weighted by Crippen LogP contribution is 2.62. The highest BCUT2D eigenvalue weighted by molar-refractivity contribution is 5.97. The Morgan fingerprint density at radius 2 is 2.12 bits per heavy atom. The van der Waals surface area contributed by atoms with E-state index in [9.17, 15) is 0 Å². The molecule has 0 aromatic carbocycles. The average Bonchev–Trinajstić information content (AvgIpc) is 3.12. The summed E-state index contributed by atoms with van der Waals surface area (Å²) in [5, 5.41) is 11.9. The summed E-state index contributed by atoms with van der Waals surface area (Å²) < 4.78 is 5.36. The zero-order valence-electron chi connectivity index (χ0n) is 18.6. The fourth-order valence-electron chi connectivity index (χ4n) is 5.86. The number of nitrogens with two attached hydrogens (primary N) is 1. The molecule has 0 radical (unpaired) electrons. The van der Waals surface area contributed by atoms with Crippen molar-refractivity contribution >= 4 is 28.0 Å². The van der Waals surface area contributed by atoms with Crippen LogP contribution in [0.4, 0.5) is 5.82 Å². The maximum absolute atomic E-state index is 6.27. The minimum atomic E-state index is -0.0966. The van der Waals surface area contributed by atoms with Crippen molar-refractivity contribution in [2.45, 2.75) is 18.8 Å². The lowest BCUT2D eigenvalue weighted by molar-refractivity contribution is 0.379. The van der Waals surface area contributed by atoms with E-state index in [2.05, 4.69) is 30.2 Å². The topological polar surface area (TPSA) is 136 Å². The number of piperidine rings is 1. The molecule has 10 heteroatoms. The Hall–Kier alpha value is -3.92. The molecule has 7 rings (SSSR count). The van der Waals surface area contributed by atoms with Crippen LogP contribution in [0.2, 0.25) is 0 Å². The highest BCUT2D eigenvalue weighted by Gasteiger charge is 2.67. The van der Waals surface area contributed by atoms with E-state index in [0.29, 0.717) is 24.0 Å².